The average Bonchev–Trinajstić information content (AvgIpc) is 2.79. The second kappa shape index (κ2) is 9.17. The van der Waals surface area contributed by atoms with Crippen LogP contribution in [0.2, 0.25) is 0 Å². The molecule has 0 bridgehead atoms. The minimum absolute atomic E-state index is 0.0210. The van der Waals surface area contributed by atoms with Crippen molar-refractivity contribution >= 4 is 5.69 Å². The highest BCUT2D eigenvalue weighted by Gasteiger charge is 2.26. The lowest BCUT2D eigenvalue weighted by Crippen LogP contribution is -2.08. The summed E-state index contributed by atoms with van der Waals surface area (Å²) in [5, 5.41) is 11.1. The summed E-state index contributed by atoms with van der Waals surface area (Å²) >= 11 is 0. The number of nitrogens with zero attached hydrogens (tertiary/aromatic N) is 1. The lowest BCUT2D eigenvalue weighted by Gasteiger charge is -2.24. The summed E-state index contributed by atoms with van der Waals surface area (Å²) in [5.74, 6) is 2.30. The van der Waals surface area contributed by atoms with Crippen molar-refractivity contribution in [2.45, 2.75) is 5.92 Å². The SMILES string of the molecule is COc1ccc(OC)c(C(c2ccc([N+](=O)[O-])cc2)c2cc(OC)ccc2OC)c1. The van der Waals surface area contributed by atoms with E-state index in [1.807, 2.05) is 36.4 Å². The molecule has 0 heterocycles. The highest BCUT2D eigenvalue weighted by atomic mass is 16.6. The van der Waals surface area contributed by atoms with Crippen LogP contribution in [0.5, 0.6) is 23.0 Å². The zero-order valence-electron chi connectivity index (χ0n) is 17.2. The van der Waals surface area contributed by atoms with Crippen molar-refractivity contribution in [2.24, 2.45) is 0 Å². The van der Waals surface area contributed by atoms with Crippen LogP contribution in [0.4, 0.5) is 5.69 Å². The van der Waals surface area contributed by atoms with Crippen LogP contribution in [-0.2, 0) is 0 Å². The highest BCUT2D eigenvalue weighted by molar-refractivity contribution is 5.57. The van der Waals surface area contributed by atoms with E-state index >= 15 is 0 Å². The third kappa shape index (κ3) is 4.15. The molecule has 0 spiro atoms. The molecule has 0 aliphatic carbocycles. The van der Waals surface area contributed by atoms with Crippen molar-refractivity contribution < 1.29 is 23.9 Å². The second-order valence-corrected chi connectivity index (χ2v) is 6.50. The van der Waals surface area contributed by atoms with Gasteiger partial charge in [-0.05, 0) is 42.0 Å². The molecule has 0 aliphatic heterocycles. The van der Waals surface area contributed by atoms with Gasteiger partial charge in [0.2, 0.25) is 0 Å². The zero-order chi connectivity index (χ0) is 21.7. The topological polar surface area (TPSA) is 80.1 Å². The Morgan fingerprint density at radius 2 is 1.17 bits per heavy atom. The van der Waals surface area contributed by atoms with Crippen LogP contribution in [0, 0.1) is 10.1 Å². The maximum absolute atomic E-state index is 11.1. The number of hydrogen-bond acceptors (Lipinski definition) is 6. The fourth-order valence-corrected chi connectivity index (χ4v) is 3.45. The summed E-state index contributed by atoms with van der Waals surface area (Å²) in [6.07, 6.45) is 0. The Morgan fingerprint density at radius 3 is 1.53 bits per heavy atom. The van der Waals surface area contributed by atoms with E-state index in [9.17, 15) is 10.1 Å². The molecule has 0 amide bonds. The fraction of sp³-hybridized carbons (Fsp3) is 0.217. The van der Waals surface area contributed by atoms with Crippen molar-refractivity contribution in [2.75, 3.05) is 28.4 Å². The van der Waals surface area contributed by atoms with Crippen LogP contribution in [0.1, 0.15) is 22.6 Å². The summed E-state index contributed by atoms with van der Waals surface area (Å²) in [4.78, 5) is 10.7. The molecule has 0 aromatic heterocycles. The first kappa shape index (κ1) is 21.0. The van der Waals surface area contributed by atoms with Gasteiger partial charge in [-0.15, -0.1) is 0 Å². The Labute approximate surface area is 174 Å². The molecule has 3 aromatic rings. The number of benzene rings is 3. The van der Waals surface area contributed by atoms with E-state index in [-0.39, 0.29) is 11.6 Å². The van der Waals surface area contributed by atoms with Gasteiger partial charge in [0.05, 0.1) is 33.4 Å². The van der Waals surface area contributed by atoms with E-state index in [1.54, 1.807) is 40.6 Å². The fourth-order valence-electron chi connectivity index (χ4n) is 3.45. The number of non-ortho nitro benzene ring substituents is 1. The molecule has 3 rings (SSSR count). The van der Waals surface area contributed by atoms with Gasteiger partial charge in [-0.25, -0.2) is 0 Å². The summed E-state index contributed by atoms with van der Waals surface area (Å²) in [6.45, 7) is 0. The average molecular weight is 409 g/mol. The van der Waals surface area contributed by atoms with E-state index in [2.05, 4.69) is 0 Å². The Balaban J connectivity index is 2.29. The molecule has 0 saturated heterocycles. The lowest BCUT2D eigenvalue weighted by atomic mass is 9.83. The van der Waals surface area contributed by atoms with Crippen LogP contribution in [0.15, 0.2) is 60.7 Å². The third-order valence-corrected chi connectivity index (χ3v) is 4.93. The second-order valence-electron chi connectivity index (χ2n) is 6.50. The van der Waals surface area contributed by atoms with Crippen molar-refractivity contribution in [1.29, 1.82) is 0 Å². The molecule has 0 N–H and O–H groups in total. The number of ether oxygens (including phenoxy) is 4. The Morgan fingerprint density at radius 1 is 0.700 bits per heavy atom. The first-order valence-electron chi connectivity index (χ1n) is 9.20. The van der Waals surface area contributed by atoms with Crippen molar-refractivity contribution in [3.8, 4) is 23.0 Å². The van der Waals surface area contributed by atoms with Crippen molar-refractivity contribution in [3.63, 3.8) is 0 Å². The molecule has 0 aliphatic rings. The Bertz CT molecular complexity index is 977. The van der Waals surface area contributed by atoms with Crippen LogP contribution in [0.3, 0.4) is 0 Å². The van der Waals surface area contributed by atoms with E-state index < -0.39 is 4.92 Å². The summed E-state index contributed by atoms with van der Waals surface area (Å²) < 4.78 is 22.1. The van der Waals surface area contributed by atoms with Gasteiger partial charge in [0.1, 0.15) is 23.0 Å². The number of rotatable bonds is 8. The van der Waals surface area contributed by atoms with Crippen LogP contribution in [-0.4, -0.2) is 33.4 Å². The summed E-state index contributed by atoms with van der Waals surface area (Å²) in [7, 11) is 6.39. The van der Waals surface area contributed by atoms with Gasteiger partial charge in [-0.2, -0.15) is 0 Å². The third-order valence-electron chi connectivity index (χ3n) is 4.93. The molecule has 0 radical (unpaired) electrons. The summed E-state index contributed by atoms with van der Waals surface area (Å²) in [5.41, 5.74) is 2.51. The maximum atomic E-state index is 11.1. The minimum Gasteiger partial charge on any atom is -0.497 e. The number of nitro benzene ring substituents is 1. The molecular formula is C23H23NO6. The normalized spacial score (nSPS) is 10.6. The molecule has 0 fully saturated rings. The van der Waals surface area contributed by atoms with Gasteiger partial charge in [0, 0.05) is 29.2 Å². The predicted octanol–water partition coefficient (Wildman–Crippen LogP) is 4.81. The van der Waals surface area contributed by atoms with Crippen molar-refractivity contribution in [3.05, 3.63) is 87.5 Å². The molecule has 7 heteroatoms. The summed E-state index contributed by atoms with van der Waals surface area (Å²) in [6, 6.07) is 17.5. The number of hydrogen-bond donors (Lipinski definition) is 0. The zero-order valence-corrected chi connectivity index (χ0v) is 17.2. The minimum atomic E-state index is -0.420. The van der Waals surface area contributed by atoms with Gasteiger partial charge in [-0.3, -0.25) is 10.1 Å². The van der Waals surface area contributed by atoms with E-state index in [0.29, 0.717) is 23.0 Å². The van der Waals surface area contributed by atoms with Gasteiger partial charge < -0.3 is 18.9 Å². The van der Waals surface area contributed by atoms with Gasteiger partial charge in [0.25, 0.3) is 5.69 Å². The first-order chi connectivity index (χ1) is 14.5. The van der Waals surface area contributed by atoms with Gasteiger partial charge in [0.15, 0.2) is 0 Å². The standard InChI is InChI=1S/C23H23NO6/c1-27-17-9-11-21(29-3)19(13-17)23(15-5-7-16(8-6-15)24(25)26)20-14-18(28-2)10-12-22(20)30-4/h5-14,23H,1-4H3. The molecule has 30 heavy (non-hydrogen) atoms. The highest BCUT2D eigenvalue weighted by Crippen LogP contribution is 2.43. The van der Waals surface area contributed by atoms with Crippen LogP contribution in [0.25, 0.3) is 0 Å². The smallest absolute Gasteiger partial charge is 0.269 e. The number of nitro groups is 1. The lowest BCUT2D eigenvalue weighted by molar-refractivity contribution is -0.384. The van der Waals surface area contributed by atoms with Crippen LogP contribution >= 0.6 is 0 Å². The largest absolute Gasteiger partial charge is 0.497 e. The molecule has 3 aromatic carbocycles. The maximum Gasteiger partial charge on any atom is 0.269 e. The molecule has 7 nitrogen and oxygen atoms in total. The molecule has 0 saturated carbocycles. The molecule has 156 valence electrons. The van der Waals surface area contributed by atoms with Crippen LogP contribution < -0.4 is 18.9 Å². The Hall–Kier alpha value is -3.74. The molecular weight excluding hydrogens is 386 g/mol. The van der Waals surface area contributed by atoms with E-state index in [4.69, 9.17) is 18.9 Å². The van der Waals surface area contributed by atoms with Gasteiger partial charge in [-0.1, -0.05) is 12.1 Å². The van der Waals surface area contributed by atoms with E-state index in [1.165, 1.54) is 12.1 Å². The quantitative estimate of drug-likeness (QED) is 0.302. The van der Waals surface area contributed by atoms with E-state index in [0.717, 1.165) is 16.7 Å². The molecule has 0 atom stereocenters. The first-order valence-corrected chi connectivity index (χ1v) is 9.20. The Kier molecular flexibility index (Phi) is 6.41. The predicted molar refractivity (Wildman–Crippen MR) is 113 cm³/mol. The van der Waals surface area contributed by atoms with Gasteiger partial charge >= 0.3 is 0 Å². The number of methoxy groups -OCH3 is 4. The molecule has 0 unspecified atom stereocenters. The monoisotopic (exact) mass is 409 g/mol. The van der Waals surface area contributed by atoms with Crippen molar-refractivity contribution in [1.82, 2.24) is 0 Å².